The summed E-state index contributed by atoms with van der Waals surface area (Å²) in [5, 5.41) is 3.73. The lowest BCUT2D eigenvalue weighted by atomic mass is 10.1. The second kappa shape index (κ2) is 6.17. The maximum Gasteiger partial charge on any atom is 0.172 e. The highest BCUT2D eigenvalue weighted by Crippen LogP contribution is 2.41. The van der Waals surface area contributed by atoms with Gasteiger partial charge in [-0.1, -0.05) is 5.16 Å². The lowest BCUT2D eigenvalue weighted by Crippen LogP contribution is -2.29. The van der Waals surface area contributed by atoms with Crippen LogP contribution in [0.2, 0.25) is 0 Å². The summed E-state index contributed by atoms with van der Waals surface area (Å²) in [7, 11) is 3.32. The van der Waals surface area contributed by atoms with Crippen molar-refractivity contribution in [3.8, 4) is 22.8 Å². The fraction of sp³-hybridized carbons (Fsp3) is 0.438. The van der Waals surface area contributed by atoms with E-state index in [2.05, 4.69) is 10.1 Å². The Labute approximate surface area is 129 Å². The molecule has 118 valence electrons. The third-order valence-corrected chi connectivity index (χ3v) is 3.99. The van der Waals surface area contributed by atoms with Crippen LogP contribution in [0.5, 0.6) is 11.5 Å². The topological polar surface area (TPSA) is 73.8 Å². The molecule has 3 rings (SSSR count). The van der Waals surface area contributed by atoms with E-state index in [0.29, 0.717) is 11.6 Å². The highest BCUT2D eigenvalue weighted by Gasteiger charge is 2.20. The molecule has 1 aromatic heterocycles. The lowest BCUT2D eigenvalue weighted by molar-refractivity contribution is 0.397. The number of ether oxygens (including phenoxy) is 2. The van der Waals surface area contributed by atoms with Crippen LogP contribution in [0, 0.1) is 0 Å². The van der Waals surface area contributed by atoms with E-state index in [1.54, 1.807) is 20.3 Å². The van der Waals surface area contributed by atoms with Crippen LogP contribution in [0.1, 0.15) is 19.3 Å². The van der Waals surface area contributed by atoms with Gasteiger partial charge in [-0.15, -0.1) is 0 Å². The van der Waals surface area contributed by atoms with Crippen molar-refractivity contribution in [3.05, 3.63) is 18.2 Å². The maximum absolute atomic E-state index is 5.64. The van der Waals surface area contributed by atoms with Crippen LogP contribution in [0.4, 0.5) is 11.5 Å². The van der Waals surface area contributed by atoms with E-state index >= 15 is 0 Å². The average Bonchev–Trinajstić information content (AvgIpc) is 3.00. The van der Waals surface area contributed by atoms with Crippen molar-refractivity contribution in [2.45, 2.75) is 19.3 Å². The van der Waals surface area contributed by atoms with E-state index in [1.807, 2.05) is 12.1 Å². The van der Waals surface area contributed by atoms with Crippen molar-refractivity contribution in [2.24, 2.45) is 0 Å². The standard InChI is InChI=1S/C16H21N3O3/c1-20-13-9-12(19-6-4-3-5-7-19)15(21-2)8-11(13)14-10-16(17)18-22-14/h8-10H,3-7H2,1-2H3,(H2,17,18). The Kier molecular flexibility index (Phi) is 4.09. The molecule has 0 amide bonds. The Balaban J connectivity index is 2.05. The van der Waals surface area contributed by atoms with Crippen LogP contribution in [0.3, 0.4) is 0 Å². The van der Waals surface area contributed by atoms with Gasteiger partial charge in [0.15, 0.2) is 11.6 Å². The van der Waals surface area contributed by atoms with Crippen molar-refractivity contribution < 1.29 is 14.0 Å². The Bertz CT molecular complexity index is 648. The third-order valence-electron chi connectivity index (χ3n) is 3.99. The molecular formula is C16H21N3O3. The van der Waals surface area contributed by atoms with Crippen LogP contribution in [-0.4, -0.2) is 32.5 Å². The lowest BCUT2D eigenvalue weighted by Gasteiger charge is -2.30. The molecule has 1 aliphatic heterocycles. The highest BCUT2D eigenvalue weighted by molar-refractivity contribution is 5.76. The van der Waals surface area contributed by atoms with Crippen LogP contribution in [-0.2, 0) is 0 Å². The number of hydrogen-bond donors (Lipinski definition) is 1. The summed E-state index contributed by atoms with van der Waals surface area (Å²) in [6.07, 6.45) is 3.68. The number of nitrogens with two attached hydrogens (primary N) is 1. The van der Waals surface area contributed by atoms with Gasteiger partial charge in [0.05, 0.1) is 25.5 Å². The summed E-state index contributed by atoms with van der Waals surface area (Å²) in [5.74, 6) is 2.43. The molecule has 0 aliphatic carbocycles. The van der Waals surface area contributed by atoms with E-state index in [4.69, 9.17) is 19.7 Å². The number of rotatable bonds is 4. The monoisotopic (exact) mass is 303 g/mol. The molecule has 22 heavy (non-hydrogen) atoms. The number of methoxy groups -OCH3 is 2. The van der Waals surface area contributed by atoms with E-state index in [0.717, 1.165) is 35.8 Å². The van der Waals surface area contributed by atoms with E-state index < -0.39 is 0 Å². The zero-order chi connectivity index (χ0) is 15.5. The van der Waals surface area contributed by atoms with Crippen molar-refractivity contribution in [1.82, 2.24) is 5.16 Å². The number of piperidine rings is 1. The highest BCUT2D eigenvalue weighted by atomic mass is 16.5. The van der Waals surface area contributed by atoms with Gasteiger partial charge < -0.3 is 24.6 Å². The number of nitrogens with zero attached hydrogens (tertiary/aromatic N) is 2. The van der Waals surface area contributed by atoms with Crippen LogP contribution < -0.4 is 20.1 Å². The fourth-order valence-corrected chi connectivity index (χ4v) is 2.87. The van der Waals surface area contributed by atoms with Gasteiger partial charge in [-0.3, -0.25) is 0 Å². The smallest absolute Gasteiger partial charge is 0.172 e. The summed E-state index contributed by atoms with van der Waals surface area (Å²) in [6.45, 7) is 2.07. The molecule has 6 heteroatoms. The SMILES string of the molecule is COc1cc(N2CCCCC2)c(OC)cc1-c1cc(N)no1. The minimum absolute atomic E-state index is 0.344. The molecule has 6 nitrogen and oxygen atoms in total. The Morgan fingerprint density at radius 2 is 1.77 bits per heavy atom. The summed E-state index contributed by atoms with van der Waals surface area (Å²) in [4.78, 5) is 2.34. The van der Waals surface area contributed by atoms with Gasteiger partial charge in [0, 0.05) is 25.2 Å². The first-order chi connectivity index (χ1) is 10.7. The molecule has 1 fully saturated rings. The Morgan fingerprint density at radius 3 is 2.36 bits per heavy atom. The largest absolute Gasteiger partial charge is 0.496 e. The summed E-state index contributed by atoms with van der Waals surface area (Å²) < 4.78 is 16.4. The first-order valence-corrected chi connectivity index (χ1v) is 7.46. The Hall–Kier alpha value is -2.37. The van der Waals surface area contributed by atoms with Gasteiger partial charge in [-0.2, -0.15) is 0 Å². The molecule has 2 N–H and O–H groups in total. The number of nitrogen functional groups attached to an aromatic ring is 1. The minimum Gasteiger partial charge on any atom is -0.496 e. The molecule has 0 bridgehead atoms. The predicted molar refractivity (Wildman–Crippen MR) is 85.5 cm³/mol. The number of aromatic nitrogens is 1. The van der Waals surface area contributed by atoms with Crippen LogP contribution in [0.15, 0.2) is 22.7 Å². The Morgan fingerprint density at radius 1 is 1.05 bits per heavy atom. The molecule has 0 unspecified atom stereocenters. The zero-order valence-electron chi connectivity index (χ0n) is 13.0. The molecule has 2 aromatic rings. The van der Waals surface area contributed by atoms with E-state index in [9.17, 15) is 0 Å². The van der Waals surface area contributed by atoms with E-state index in [-0.39, 0.29) is 0 Å². The fourth-order valence-electron chi connectivity index (χ4n) is 2.87. The normalized spacial score (nSPS) is 14.9. The summed E-state index contributed by atoms with van der Waals surface area (Å²) in [5.41, 5.74) is 7.47. The van der Waals surface area contributed by atoms with Gasteiger partial charge in [0.1, 0.15) is 11.5 Å². The molecule has 2 heterocycles. The molecule has 1 saturated heterocycles. The zero-order valence-corrected chi connectivity index (χ0v) is 13.0. The molecular weight excluding hydrogens is 282 g/mol. The minimum atomic E-state index is 0.344. The predicted octanol–water partition coefficient (Wildman–Crippen LogP) is 2.93. The van der Waals surface area contributed by atoms with E-state index in [1.165, 1.54) is 19.3 Å². The van der Waals surface area contributed by atoms with Gasteiger partial charge in [-0.05, 0) is 25.3 Å². The number of hydrogen-bond acceptors (Lipinski definition) is 6. The van der Waals surface area contributed by atoms with Crippen LogP contribution >= 0.6 is 0 Å². The van der Waals surface area contributed by atoms with Gasteiger partial charge >= 0.3 is 0 Å². The first kappa shape index (κ1) is 14.6. The third kappa shape index (κ3) is 2.68. The maximum atomic E-state index is 5.64. The second-order valence-corrected chi connectivity index (χ2v) is 5.39. The number of benzene rings is 1. The molecule has 0 atom stereocenters. The molecule has 0 radical (unpaired) electrons. The van der Waals surface area contributed by atoms with Gasteiger partial charge in [-0.25, -0.2) is 0 Å². The van der Waals surface area contributed by atoms with Gasteiger partial charge in [0.2, 0.25) is 0 Å². The summed E-state index contributed by atoms with van der Waals surface area (Å²) >= 11 is 0. The van der Waals surface area contributed by atoms with Crippen LogP contribution in [0.25, 0.3) is 11.3 Å². The van der Waals surface area contributed by atoms with Crippen molar-refractivity contribution >= 4 is 11.5 Å². The van der Waals surface area contributed by atoms with Crippen molar-refractivity contribution in [1.29, 1.82) is 0 Å². The van der Waals surface area contributed by atoms with Crippen molar-refractivity contribution in [2.75, 3.05) is 37.9 Å². The van der Waals surface area contributed by atoms with Crippen molar-refractivity contribution in [3.63, 3.8) is 0 Å². The number of anilines is 2. The molecule has 1 aromatic carbocycles. The summed E-state index contributed by atoms with van der Waals surface area (Å²) in [6, 6.07) is 5.60. The average molecular weight is 303 g/mol. The van der Waals surface area contributed by atoms with Gasteiger partial charge in [0.25, 0.3) is 0 Å². The molecule has 1 aliphatic rings. The second-order valence-electron chi connectivity index (χ2n) is 5.39. The first-order valence-electron chi connectivity index (χ1n) is 7.46. The quantitative estimate of drug-likeness (QED) is 0.936. The molecule has 0 saturated carbocycles. The molecule has 0 spiro atoms.